The van der Waals surface area contributed by atoms with Crippen LogP contribution in [0.1, 0.15) is 6.92 Å². The Morgan fingerprint density at radius 2 is 1.91 bits per heavy atom. The van der Waals surface area contributed by atoms with Crippen molar-refractivity contribution in [3.8, 4) is 17.2 Å². The Morgan fingerprint density at radius 3 is 2.76 bits per heavy atom. The van der Waals surface area contributed by atoms with Crippen LogP contribution in [0.5, 0.6) is 11.5 Å². The Bertz CT molecular complexity index is 1440. The van der Waals surface area contributed by atoms with Crippen molar-refractivity contribution >= 4 is 45.9 Å². The second-order valence-corrected chi connectivity index (χ2v) is 9.09. The first-order chi connectivity index (χ1) is 16.0. The van der Waals surface area contributed by atoms with Crippen molar-refractivity contribution < 1.29 is 14.3 Å². The fourth-order valence-corrected chi connectivity index (χ4v) is 4.58. The average Bonchev–Trinajstić information content (AvgIpc) is 3.27. The minimum absolute atomic E-state index is 0.160. The largest absolute Gasteiger partial charge is 0.454 e. The molecular weight excluding hydrogens is 462 g/mol. The quantitative estimate of drug-likeness (QED) is 0.324. The molecular formula is C24H18ClN3O4S. The minimum Gasteiger partial charge on any atom is -0.454 e. The molecule has 1 atom stereocenters. The monoisotopic (exact) mass is 479 g/mol. The highest BCUT2D eigenvalue weighted by Gasteiger charge is 2.21. The van der Waals surface area contributed by atoms with Gasteiger partial charge in [-0.25, -0.2) is 4.98 Å². The number of carbonyl (C=O) groups is 1. The summed E-state index contributed by atoms with van der Waals surface area (Å²) in [4.78, 5) is 31.0. The van der Waals surface area contributed by atoms with Crippen molar-refractivity contribution in [1.29, 1.82) is 0 Å². The average molecular weight is 480 g/mol. The molecule has 0 radical (unpaired) electrons. The van der Waals surface area contributed by atoms with Gasteiger partial charge >= 0.3 is 0 Å². The van der Waals surface area contributed by atoms with Crippen molar-refractivity contribution in [3.05, 3.63) is 82.1 Å². The van der Waals surface area contributed by atoms with Crippen LogP contribution in [0, 0.1) is 0 Å². The Labute approximate surface area is 198 Å². The summed E-state index contributed by atoms with van der Waals surface area (Å²) >= 11 is 7.37. The summed E-state index contributed by atoms with van der Waals surface area (Å²) in [6, 6.07) is 19.3. The molecule has 0 aliphatic carbocycles. The molecule has 9 heteroatoms. The van der Waals surface area contributed by atoms with E-state index in [2.05, 4.69) is 10.3 Å². The fraction of sp³-hybridized carbons (Fsp3) is 0.125. The second-order valence-electron chi connectivity index (χ2n) is 7.35. The lowest BCUT2D eigenvalue weighted by atomic mass is 10.2. The number of nitrogens with one attached hydrogen (secondary N) is 1. The second kappa shape index (κ2) is 8.80. The number of ether oxygens (including phenoxy) is 2. The van der Waals surface area contributed by atoms with Gasteiger partial charge in [0.2, 0.25) is 12.7 Å². The molecule has 0 spiro atoms. The Balaban J connectivity index is 1.48. The molecule has 1 aliphatic rings. The van der Waals surface area contributed by atoms with Crippen LogP contribution in [0.25, 0.3) is 16.6 Å². The molecule has 1 N–H and O–H groups in total. The highest BCUT2D eigenvalue weighted by atomic mass is 35.5. The number of halogens is 1. The van der Waals surface area contributed by atoms with Gasteiger partial charge in [-0.1, -0.05) is 41.6 Å². The highest BCUT2D eigenvalue weighted by molar-refractivity contribution is 8.00. The number of benzene rings is 3. The van der Waals surface area contributed by atoms with Gasteiger partial charge in [0.05, 0.1) is 21.8 Å². The van der Waals surface area contributed by atoms with Crippen LogP contribution in [-0.2, 0) is 4.79 Å². The van der Waals surface area contributed by atoms with Gasteiger partial charge in [-0.05, 0) is 49.4 Å². The number of aromatic nitrogens is 2. The summed E-state index contributed by atoms with van der Waals surface area (Å²) in [5.74, 6) is 0.985. The van der Waals surface area contributed by atoms with Crippen molar-refractivity contribution in [3.63, 3.8) is 0 Å². The Kier molecular flexibility index (Phi) is 5.70. The smallest absolute Gasteiger partial charge is 0.266 e. The Hall–Kier alpha value is -3.49. The third-order valence-electron chi connectivity index (χ3n) is 5.10. The highest BCUT2D eigenvalue weighted by Crippen LogP contribution is 2.34. The molecule has 0 fully saturated rings. The van der Waals surface area contributed by atoms with Gasteiger partial charge in [0, 0.05) is 16.8 Å². The SMILES string of the molecule is CC(Sc1nc2ccccc2c(=O)n1-c1cccc(Cl)c1)C(=O)Nc1ccc2c(c1)OCO2. The molecule has 33 heavy (non-hydrogen) atoms. The molecule has 4 aromatic rings. The van der Waals surface area contributed by atoms with E-state index in [1.165, 1.54) is 16.3 Å². The predicted molar refractivity (Wildman–Crippen MR) is 129 cm³/mol. The molecule has 0 saturated heterocycles. The van der Waals surface area contributed by atoms with Gasteiger partial charge in [-0.15, -0.1) is 0 Å². The number of thioether (sulfide) groups is 1. The van der Waals surface area contributed by atoms with Crippen LogP contribution >= 0.6 is 23.4 Å². The van der Waals surface area contributed by atoms with Crippen LogP contribution in [0.4, 0.5) is 5.69 Å². The fourth-order valence-electron chi connectivity index (χ4n) is 3.46. The molecule has 166 valence electrons. The van der Waals surface area contributed by atoms with E-state index in [9.17, 15) is 9.59 Å². The number of hydrogen-bond donors (Lipinski definition) is 1. The lowest BCUT2D eigenvalue weighted by Gasteiger charge is -2.17. The number of fused-ring (bicyclic) bond motifs is 2. The van der Waals surface area contributed by atoms with E-state index in [-0.39, 0.29) is 18.3 Å². The van der Waals surface area contributed by atoms with Gasteiger partial charge in [0.25, 0.3) is 5.56 Å². The van der Waals surface area contributed by atoms with E-state index < -0.39 is 5.25 Å². The number of nitrogens with zero attached hydrogens (tertiary/aromatic N) is 2. The molecule has 2 heterocycles. The number of anilines is 1. The third kappa shape index (κ3) is 4.27. The lowest BCUT2D eigenvalue weighted by molar-refractivity contribution is -0.115. The maximum Gasteiger partial charge on any atom is 0.266 e. The molecule has 0 saturated carbocycles. The zero-order valence-corrected chi connectivity index (χ0v) is 19.0. The summed E-state index contributed by atoms with van der Waals surface area (Å²) in [6.45, 7) is 1.92. The summed E-state index contributed by atoms with van der Waals surface area (Å²) < 4.78 is 12.2. The predicted octanol–water partition coefficient (Wildman–Crippen LogP) is 4.89. The molecule has 1 amide bonds. The van der Waals surface area contributed by atoms with E-state index in [0.29, 0.717) is 44.0 Å². The van der Waals surface area contributed by atoms with E-state index in [1.54, 1.807) is 67.6 Å². The number of hydrogen-bond acceptors (Lipinski definition) is 6. The molecule has 5 rings (SSSR count). The number of para-hydroxylation sites is 1. The standard InChI is InChI=1S/C24H18ClN3O4S/c1-14(22(29)26-16-9-10-20-21(12-16)32-13-31-20)33-24-27-19-8-3-2-7-18(19)23(30)28(24)17-6-4-5-15(25)11-17/h2-12,14H,13H2,1H3,(H,26,29). The van der Waals surface area contributed by atoms with Crippen LogP contribution < -0.4 is 20.3 Å². The molecule has 3 aromatic carbocycles. The van der Waals surface area contributed by atoms with E-state index >= 15 is 0 Å². The third-order valence-corrected chi connectivity index (χ3v) is 6.39. The Morgan fingerprint density at radius 1 is 1.09 bits per heavy atom. The maximum atomic E-state index is 13.4. The molecule has 1 aliphatic heterocycles. The topological polar surface area (TPSA) is 82.5 Å². The minimum atomic E-state index is -0.547. The van der Waals surface area contributed by atoms with Crippen LogP contribution in [-0.4, -0.2) is 27.5 Å². The van der Waals surface area contributed by atoms with E-state index in [1.807, 2.05) is 6.07 Å². The first-order valence-electron chi connectivity index (χ1n) is 10.1. The number of carbonyl (C=O) groups excluding carboxylic acids is 1. The zero-order chi connectivity index (χ0) is 22.9. The van der Waals surface area contributed by atoms with Crippen molar-refractivity contribution in [2.75, 3.05) is 12.1 Å². The molecule has 0 bridgehead atoms. The molecule has 7 nitrogen and oxygen atoms in total. The summed E-state index contributed by atoms with van der Waals surface area (Å²) in [7, 11) is 0. The van der Waals surface area contributed by atoms with Gasteiger partial charge in [-0.3, -0.25) is 14.2 Å². The summed E-state index contributed by atoms with van der Waals surface area (Å²) in [6.07, 6.45) is 0. The summed E-state index contributed by atoms with van der Waals surface area (Å²) in [5.41, 5.74) is 1.51. The number of rotatable bonds is 5. The van der Waals surface area contributed by atoms with Gasteiger partial charge in [0.1, 0.15) is 0 Å². The normalized spacial score (nSPS) is 13.2. The maximum absolute atomic E-state index is 13.4. The van der Waals surface area contributed by atoms with Crippen molar-refractivity contribution in [2.24, 2.45) is 0 Å². The van der Waals surface area contributed by atoms with Gasteiger partial charge in [-0.2, -0.15) is 0 Å². The van der Waals surface area contributed by atoms with Crippen LogP contribution in [0.3, 0.4) is 0 Å². The summed E-state index contributed by atoms with van der Waals surface area (Å²) in [5, 5.41) is 3.71. The van der Waals surface area contributed by atoms with Crippen LogP contribution in [0.2, 0.25) is 5.02 Å². The first-order valence-corrected chi connectivity index (χ1v) is 11.4. The van der Waals surface area contributed by atoms with Crippen molar-refractivity contribution in [2.45, 2.75) is 17.3 Å². The lowest BCUT2D eigenvalue weighted by Crippen LogP contribution is -2.26. The van der Waals surface area contributed by atoms with Gasteiger partial charge < -0.3 is 14.8 Å². The zero-order valence-electron chi connectivity index (χ0n) is 17.4. The molecule has 1 aromatic heterocycles. The van der Waals surface area contributed by atoms with Crippen LogP contribution in [0.15, 0.2) is 76.7 Å². The molecule has 1 unspecified atom stereocenters. The first kappa shape index (κ1) is 21.4. The van der Waals surface area contributed by atoms with Gasteiger partial charge in [0.15, 0.2) is 16.7 Å². The number of amides is 1. The van der Waals surface area contributed by atoms with E-state index in [0.717, 1.165) is 0 Å². The van der Waals surface area contributed by atoms with Crippen molar-refractivity contribution in [1.82, 2.24) is 9.55 Å². The van der Waals surface area contributed by atoms with E-state index in [4.69, 9.17) is 21.1 Å².